The lowest BCUT2D eigenvalue weighted by molar-refractivity contribution is -0.870. The van der Waals surface area contributed by atoms with E-state index < -0.39 is 20.0 Å². The van der Waals surface area contributed by atoms with Crippen LogP contribution in [0.4, 0.5) is 0 Å². The average molecular weight is 920 g/mol. The molecule has 0 rings (SSSR count). The van der Waals surface area contributed by atoms with Crippen molar-refractivity contribution in [2.24, 2.45) is 0 Å². The number of carbonyl (C=O) groups is 1. The molecule has 3 N–H and O–H groups in total. The smallest absolute Gasteiger partial charge is 0.387 e. The molecule has 374 valence electrons. The van der Waals surface area contributed by atoms with Crippen LogP contribution in [0, 0.1) is 0 Å². The van der Waals surface area contributed by atoms with Gasteiger partial charge in [0.05, 0.1) is 39.9 Å². The molecule has 0 aliphatic heterocycles. The maximum Gasteiger partial charge on any atom is 0.472 e. The van der Waals surface area contributed by atoms with E-state index in [9.17, 15) is 19.4 Å². The van der Waals surface area contributed by atoms with Gasteiger partial charge in [-0.05, 0) is 57.8 Å². The quantitative estimate of drug-likeness (QED) is 0.0243. The van der Waals surface area contributed by atoms with Crippen LogP contribution in [0.1, 0.15) is 232 Å². The molecular weight excluding hydrogens is 816 g/mol. The Morgan fingerprint density at radius 3 is 1.38 bits per heavy atom. The topological polar surface area (TPSA) is 105 Å². The second kappa shape index (κ2) is 46.3. The van der Waals surface area contributed by atoms with Gasteiger partial charge >= 0.3 is 7.82 Å². The number of unbranched alkanes of at least 4 members (excludes halogenated alkanes) is 27. The zero-order chi connectivity index (χ0) is 47.1. The third-order valence-corrected chi connectivity index (χ3v) is 12.7. The number of aliphatic hydroxyl groups excluding tert-OH is 1. The number of likely N-dealkylation sites (N-methyl/N-ethyl adjacent to an activating group) is 1. The van der Waals surface area contributed by atoms with E-state index in [1.54, 1.807) is 6.08 Å². The lowest BCUT2D eigenvalue weighted by Gasteiger charge is -2.25. The van der Waals surface area contributed by atoms with E-state index in [2.05, 4.69) is 67.8 Å². The molecule has 0 aromatic rings. The summed E-state index contributed by atoms with van der Waals surface area (Å²) in [5.74, 6) is -0.191. The van der Waals surface area contributed by atoms with Gasteiger partial charge in [0.2, 0.25) is 5.91 Å². The van der Waals surface area contributed by atoms with Crippen LogP contribution < -0.4 is 5.32 Å². The van der Waals surface area contributed by atoms with E-state index in [1.807, 2.05) is 27.2 Å². The van der Waals surface area contributed by atoms with Gasteiger partial charge in [0, 0.05) is 6.42 Å². The first-order valence-corrected chi connectivity index (χ1v) is 28.2. The number of allylic oxidation sites excluding steroid dienone is 9. The molecule has 0 aliphatic rings. The molecule has 0 saturated heterocycles. The number of phosphoric acid groups is 1. The van der Waals surface area contributed by atoms with Crippen molar-refractivity contribution in [3.63, 3.8) is 0 Å². The minimum absolute atomic E-state index is 0.0563. The van der Waals surface area contributed by atoms with Gasteiger partial charge in [0.1, 0.15) is 13.2 Å². The Hall–Kier alpha value is -1.80. The number of hydrogen-bond donors (Lipinski definition) is 3. The zero-order valence-electron chi connectivity index (χ0n) is 42.5. The molecule has 64 heavy (non-hydrogen) atoms. The summed E-state index contributed by atoms with van der Waals surface area (Å²) in [5.41, 5.74) is 0. The highest BCUT2D eigenvalue weighted by Crippen LogP contribution is 2.43. The predicted molar refractivity (Wildman–Crippen MR) is 277 cm³/mol. The van der Waals surface area contributed by atoms with E-state index in [1.165, 1.54) is 135 Å². The Balaban J connectivity index is 4.31. The fraction of sp³-hybridized carbons (Fsp3) is 0.800. The van der Waals surface area contributed by atoms with Crippen LogP contribution in [-0.4, -0.2) is 73.4 Å². The van der Waals surface area contributed by atoms with Crippen LogP contribution in [0.15, 0.2) is 60.8 Å². The van der Waals surface area contributed by atoms with Gasteiger partial charge in [-0.1, -0.05) is 229 Å². The Morgan fingerprint density at radius 2 is 0.938 bits per heavy atom. The third kappa shape index (κ3) is 48.1. The first-order valence-electron chi connectivity index (χ1n) is 26.7. The highest BCUT2D eigenvalue weighted by atomic mass is 31.2. The Kier molecular flexibility index (Phi) is 45.0. The SMILES string of the molecule is CC/C=C\C/C=C\C/C=C\C/C=C\CCCCCCCCC(=O)NC(COP(=O)(O)OCC[N+](C)(C)C)C(O)/C=C/CCCCCCCCCCCCCCCCCCCCCCC. The molecule has 0 bridgehead atoms. The number of rotatable bonds is 48. The fourth-order valence-electron chi connectivity index (χ4n) is 7.56. The van der Waals surface area contributed by atoms with E-state index in [0.29, 0.717) is 17.4 Å². The number of amides is 1. The standard InChI is InChI=1S/C55H103N2O6P/c1-6-8-10-12-14-16-18-20-22-24-26-27-28-29-31-32-34-36-38-40-42-44-46-48-54(58)53(52-63-64(60,61)62-51-50-57(3,4)5)56-55(59)49-47-45-43-41-39-37-35-33-30-25-23-21-19-17-15-13-11-9-7-2/h9,11,15,17,21,23,30,33,46,48,53-54,58H,6-8,10,12-14,16,18-20,22,24-29,31-32,34-45,47,49-52H2,1-5H3,(H-,56,59,60,61)/p+1/b11-9-,17-15-,23-21-,33-30-,48-46+. The summed E-state index contributed by atoms with van der Waals surface area (Å²) in [4.78, 5) is 23.2. The van der Waals surface area contributed by atoms with Gasteiger partial charge in [0.15, 0.2) is 0 Å². The third-order valence-electron chi connectivity index (χ3n) is 11.7. The second-order valence-electron chi connectivity index (χ2n) is 19.2. The molecule has 8 nitrogen and oxygen atoms in total. The number of nitrogens with one attached hydrogen (secondary N) is 1. The molecule has 9 heteroatoms. The summed E-state index contributed by atoms with van der Waals surface area (Å²) in [6.45, 7) is 4.70. The van der Waals surface area contributed by atoms with Gasteiger partial charge < -0.3 is 19.8 Å². The van der Waals surface area contributed by atoms with Crippen LogP contribution in [0.5, 0.6) is 0 Å². The normalized spacial score (nSPS) is 14.5. The van der Waals surface area contributed by atoms with Crippen molar-refractivity contribution in [1.29, 1.82) is 0 Å². The van der Waals surface area contributed by atoms with Gasteiger partial charge in [-0.3, -0.25) is 13.8 Å². The summed E-state index contributed by atoms with van der Waals surface area (Å²) < 4.78 is 23.7. The average Bonchev–Trinajstić information content (AvgIpc) is 3.25. The monoisotopic (exact) mass is 920 g/mol. The van der Waals surface area contributed by atoms with Crippen molar-refractivity contribution in [3.8, 4) is 0 Å². The molecule has 0 heterocycles. The number of hydrogen-bond acceptors (Lipinski definition) is 5. The van der Waals surface area contributed by atoms with Crippen molar-refractivity contribution in [1.82, 2.24) is 5.32 Å². The largest absolute Gasteiger partial charge is 0.472 e. The molecule has 0 aromatic carbocycles. The maximum atomic E-state index is 12.9. The summed E-state index contributed by atoms with van der Waals surface area (Å²) >= 11 is 0. The molecule has 0 saturated carbocycles. The molecule has 0 aromatic heterocycles. The highest BCUT2D eigenvalue weighted by Gasteiger charge is 2.27. The van der Waals surface area contributed by atoms with Crippen LogP contribution in [0.3, 0.4) is 0 Å². The van der Waals surface area contributed by atoms with E-state index in [-0.39, 0.29) is 19.1 Å². The van der Waals surface area contributed by atoms with E-state index in [0.717, 1.165) is 77.0 Å². The fourth-order valence-corrected chi connectivity index (χ4v) is 8.30. The Morgan fingerprint density at radius 1 is 0.547 bits per heavy atom. The molecule has 0 aliphatic carbocycles. The number of nitrogens with zero attached hydrogens (tertiary/aromatic N) is 1. The molecule has 0 fully saturated rings. The molecule has 0 spiro atoms. The van der Waals surface area contributed by atoms with Gasteiger partial charge in [-0.15, -0.1) is 0 Å². The first-order chi connectivity index (χ1) is 31.0. The zero-order valence-corrected chi connectivity index (χ0v) is 43.4. The number of phosphoric ester groups is 1. The minimum atomic E-state index is -4.35. The summed E-state index contributed by atoms with van der Waals surface area (Å²) in [6, 6.07) is -0.857. The van der Waals surface area contributed by atoms with Crippen molar-refractivity contribution in [2.45, 2.75) is 244 Å². The Labute approximate surface area is 396 Å². The van der Waals surface area contributed by atoms with Crippen molar-refractivity contribution >= 4 is 13.7 Å². The van der Waals surface area contributed by atoms with Gasteiger partial charge in [0.25, 0.3) is 0 Å². The first kappa shape index (κ1) is 62.2. The molecule has 3 atom stereocenters. The van der Waals surface area contributed by atoms with Crippen LogP contribution in [-0.2, 0) is 18.4 Å². The summed E-state index contributed by atoms with van der Waals surface area (Å²) in [5, 5.41) is 13.9. The molecule has 3 unspecified atom stereocenters. The minimum Gasteiger partial charge on any atom is -0.387 e. The van der Waals surface area contributed by atoms with Crippen molar-refractivity contribution < 1.29 is 32.9 Å². The number of aliphatic hydroxyl groups is 1. The molecular formula is C55H104N2O6P+. The summed E-state index contributed by atoms with van der Waals surface area (Å²) in [7, 11) is 1.56. The molecule has 0 radical (unpaired) electrons. The van der Waals surface area contributed by atoms with Crippen LogP contribution in [0.2, 0.25) is 0 Å². The number of carbonyl (C=O) groups excluding carboxylic acids is 1. The lowest BCUT2D eigenvalue weighted by Crippen LogP contribution is -2.45. The lowest BCUT2D eigenvalue weighted by atomic mass is 10.0. The molecule has 1 amide bonds. The number of quaternary nitrogens is 1. The second-order valence-corrected chi connectivity index (χ2v) is 20.7. The van der Waals surface area contributed by atoms with E-state index >= 15 is 0 Å². The maximum absolute atomic E-state index is 12.9. The predicted octanol–water partition coefficient (Wildman–Crippen LogP) is 15.8. The summed E-state index contributed by atoms with van der Waals surface area (Å²) in [6.07, 6.45) is 61.6. The Bertz CT molecular complexity index is 1230. The van der Waals surface area contributed by atoms with E-state index in [4.69, 9.17) is 9.05 Å². The van der Waals surface area contributed by atoms with Crippen LogP contribution in [0.25, 0.3) is 0 Å². The van der Waals surface area contributed by atoms with Gasteiger partial charge in [-0.2, -0.15) is 0 Å². The highest BCUT2D eigenvalue weighted by molar-refractivity contribution is 7.47. The van der Waals surface area contributed by atoms with Gasteiger partial charge in [-0.25, -0.2) is 4.57 Å². The van der Waals surface area contributed by atoms with Crippen molar-refractivity contribution in [3.05, 3.63) is 60.8 Å². The van der Waals surface area contributed by atoms with Crippen LogP contribution >= 0.6 is 7.82 Å². The van der Waals surface area contributed by atoms with Crippen molar-refractivity contribution in [2.75, 3.05) is 40.9 Å².